The molecule has 1 unspecified atom stereocenters. The van der Waals surface area contributed by atoms with Crippen LogP contribution < -0.4 is 15.5 Å². The Morgan fingerprint density at radius 2 is 2.11 bits per heavy atom. The SMILES string of the molecule is Cl.Cn1ccnc1C1CNCCN1C(=O)c1cc(N2CCNC2=O)ccc1Cl. The van der Waals surface area contributed by atoms with Gasteiger partial charge in [0, 0.05) is 57.9 Å². The Hall–Kier alpha value is -2.29. The maximum Gasteiger partial charge on any atom is 0.321 e. The number of carbonyl (C=O) groups excluding carboxylic acids is 2. The third kappa shape index (κ3) is 3.67. The summed E-state index contributed by atoms with van der Waals surface area (Å²) in [5.74, 6) is 0.665. The first-order chi connectivity index (χ1) is 13.1. The third-order valence-electron chi connectivity index (χ3n) is 5.01. The molecule has 0 bridgehead atoms. The van der Waals surface area contributed by atoms with E-state index in [0.29, 0.717) is 49.0 Å². The lowest BCUT2D eigenvalue weighted by Gasteiger charge is -2.36. The summed E-state index contributed by atoms with van der Waals surface area (Å²) in [6.07, 6.45) is 3.60. The van der Waals surface area contributed by atoms with Crippen LogP contribution in [0.3, 0.4) is 0 Å². The van der Waals surface area contributed by atoms with Gasteiger partial charge < -0.3 is 20.1 Å². The van der Waals surface area contributed by atoms with Gasteiger partial charge in [0.15, 0.2) is 0 Å². The normalized spacial score (nSPS) is 19.4. The van der Waals surface area contributed by atoms with Crippen LogP contribution in [-0.2, 0) is 7.05 Å². The minimum Gasteiger partial charge on any atom is -0.336 e. The Morgan fingerprint density at radius 1 is 1.29 bits per heavy atom. The number of halogens is 2. The molecule has 1 aromatic carbocycles. The Kier molecular flexibility index (Phi) is 6.12. The number of nitrogens with zero attached hydrogens (tertiary/aromatic N) is 4. The van der Waals surface area contributed by atoms with Crippen molar-refractivity contribution in [2.75, 3.05) is 37.6 Å². The second-order valence-corrected chi connectivity index (χ2v) is 7.07. The number of imidazole rings is 1. The molecule has 0 saturated carbocycles. The van der Waals surface area contributed by atoms with Crippen molar-refractivity contribution >= 4 is 41.6 Å². The minimum absolute atomic E-state index is 0. The summed E-state index contributed by atoms with van der Waals surface area (Å²) in [5.41, 5.74) is 1.07. The van der Waals surface area contributed by atoms with Crippen molar-refractivity contribution in [3.63, 3.8) is 0 Å². The maximum absolute atomic E-state index is 13.3. The summed E-state index contributed by atoms with van der Waals surface area (Å²) in [7, 11) is 1.92. The van der Waals surface area contributed by atoms with Crippen LogP contribution in [-0.4, -0.2) is 59.1 Å². The van der Waals surface area contributed by atoms with Crippen molar-refractivity contribution in [1.82, 2.24) is 25.1 Å². The molecular formula is C18H22Cl2N6O2. The lowest BCUT2D eigenvalue weighted by Crippen LogP contribution is -2.49. The molecule has 1 atom stereocenters. The Balaban J connectivity index is 0.00000225. The highest BCUT2D eigenvalue weighted by atomic mass is 35.5. The zero-order valence-electron chi connectivity index (χ0n) is 15.4. The van der Waals surface area contributed by atoms with Gasteiger partial charge in [0.05, 0.1) is 10.6 Å². The van der Waals surface area contributed by atoms with Crippen LogP contribution in [0, 0.1) is 0 Å². The summed E-state index contributed by atoms with van der Waals surface area (Å²) in [5, 5.41) is 6.46. The van der Waals surface area contributed by atoms with Gasteiger partial charge in [-0.25, -0.2) is 9.78 Å². The zero-order chi connectivity index (χ0) is 19.0. The Morgan fingerprint density at radius 3 is 2.79 bits per heavy atom. The number of benzene rings is 1. The van der Waals surface area contributed by atoms with Gasteiger partial charge in [0.25, 0.3) is 5.91 Å². The fourth-order valence-corrected chi connectivity index (χ4v) is 3.79. The van der Waals surface area contributed by atoms with Gasteiger partial charge in [-0.05, 0) is 18.2 Å². The fourth-order valence-electron chi connectivity index (χ4n) is 3.59. The van der Waals surface area contributed by atoms with Gasteiger partial charge in [-0.3, -0.25) is 9.69 Å². The van der Waals surface area contributed by atoms with Crippen molar-refractivity contribution in [2.24, 2.45) is 7.05 Å². The quantitative estimate of drug-likeness (QED) is 0.786. The molecule has 10 heteroatoms. The van der Waals surface area contributed by atoms with E-state index in [4.69, 9.17) is 11.6 Å². The van der Waals surface area contributed by atoms with Gasteiger partial charge in [0.1, 0.15) is 11.9 Å². The molecule has 1 aromatic heterocycles. The molecule has 2 aliphatic rings. The van der Waals surface area contributed by atoms with E-state index in [1.54, 1.807) is 34.2 Å². The standard InChI is InChI=1S/C18H21ClN6O2.ClH/c1-23-7-5-21-16(23)15-11-20-4-8-25(15)17(26)13-10-12(2-3-14(13)19)24-9-6-22-18(24)27;/h2-3,5,7,10,15,20H,4,6,8-9,11H2,1H3,(H,22,27);1H. The molecule has 2 aromatic rings. The lowest BCUT2D eigenvalue weighted by atomic mass is 10.1. The van der Waals surface area contributed by atoms with Gasteiger partial charge in [0.2, 0.25) is 0 Å². The number of aryl methyl sites for hydroxylation is 1. The molecule has 0 spiro atoms. The predicted molar refractivity (Wildman–Crippen MR) is 109 cm³/mol. The molecule has 3 amide bonds. The molecule has 8 nitrogen and oxygen atoms in total. The van der Waals surface area contributed by atoms with Crippen LogP contribution in [0.25, 0.3) is 0 Å². The molecule has 2 saturated heterocycles. The average Bonchev–Trinajstić information content (AvgIpc) is 3.30. The number of aromatic nitrogens is 2. The average molecular weight is 425 g/mol. The van der Waals surface area contributed by atoms with E-state index in [1.807, 2.05) is 17.8 Å². The topological polar surface area (TPSA) is 82.5 Å². The Bertz CT molecular complexity index is 887. The molecule has 2 N–H and O–H groups in total. The smallest absolute Gasteiger partial charge is 0.321 e. The van der Waals surface area contributed by atoms with E-state index in [2.05, 4.69) is 15.6 Å². The molecular weight excluding hydrogens is 403 g/mol. The second-order valence-electron chi connectivity index (χ2n) is 6.66. The monoisotopic (exact) mass is 424 g/mol. The van der Waals surface area contributed by atoms with Crippen molar-refractivity contribution < 1.29 is 9.59 Å². The fraction of sp³-hybridized carbons (Fsp3) is 0.389. The maximum atomic E-state index is 13.3. The van der Waals surface area contributed by atoms with Crippen LogP contribution in [0.1, 0.15) is 22.2 Å². The van der Waals surface area contributed by atoms with Gasteiger partial charge in [-0.15, -0.1) is 12.4 Å². The molecule has 0 radical (unpaired) electrons. The number of hydrogen-bond donors (Lipinski definition) is 2. The number of carbonyl (C=O) groups is 2. The van der Waals surface area contributed by atoms with Crippen LogP contribution in [0.4, 0.5) is 10.5 Å². The number of rotatable bonds is 3. The van der Waals surface area contributed by atoms with Crippen molar-refractivity contribution in [2.45, 2.75) is 6.04 Å². The summed E-state index contributed by atoms with van der Waals surface area (Å²) in [4.78, 5) is 33.1. The molecule has 4 rings (SSSR count). The molecule has 0 aliphatic carbocycles. The number of nitrogens with one attached hydrogen (secondary N) is 2. The van der Waals surface area contributed by atoms with Crippen LogP contribution >= 0.6 is 24.0 Å². The van der Waals surface area contributed by atoms with Crippen LogP contribution in [0.2, 0.25) is 5.02 Å². The van der Waals surface area contributed by atoms with E-state index in [0.717, 1.165) is 5.82 Å². The van der Waals surface area contributed by atoms with E-state index in [-0.39, 0.29) is 30.4 Å². The van der Waals surface area contributed by atoms with E-state index < -0.39 is 0 Å². The number of anilines is 1. The molecule has 3 heterocycles. The minimum atomic E-state index is -0.180. The predicted octanol–water partition coefficient (Wildman–Crippen LogP) is 1.81. The number of amides is 3. The third-order valence-corrected chi connectivity index (χ3v) is 5.34. The highest BCUT2D eigenvalue weighted by Gasteiger charge is 2.32. The summed E-state index contributed by atoms with van der Waals surface area (Å²) in [6, 6.07) is 4.79. The van der Waals surface area contributed by atoms with Gasteiger partial charge in [-0.2, -0.15) is 0 Å². The van der Waals surface area contributed by atoms with E-state index >= 15 is 0 Å². The van der Waals surface area contributed by atoms with E-state index in [9.17, 15) is 9.59 Å². The van der Waals surface area contributed by atoms with Crippen LogP contribution in [0.5, 0.6) is 0 Å². The lowest BCUT2D eigenvalue weighted by molar-refractivity contribution is 0.0621. The molecule has 2 aliphatic heterocycles. The van der Waals surface area contributed by atoms with Gasteiger partial charge in [-0.1, -0.05) is 11.6 Å². The van der Waals surface area contributed by atoms with Crippen molar-refractivity contribution in [3.8, 4) is 0 Å². The summed E-state index contributed by atoms with van der Waals surface area (Å²) < 4.78 is 1.92. The molecule has 28 heavy (non-hydrogen) atoms. The Labute approximate surface area is 174 Å². The first-order valence-electron chi connectivity index (χ1n) is 8.90. The number of piperazine rings is 1. The summed E-state index contributed by atoms with van der Waals surface area (Å²) in [6.45, 7) is 3.05. The largest absolute Gasteiger partial charge is 0.336 e. The number of urea groups is 1. The highest BCUT2D eigenvalue weighted by molar-refractivity contribution is 6.34. The van der Waals surface area contributed by atoms with E-state index in [1.165, 1.54) is 0 Å². The first-order valence-corrected chi connectivity index (χ1v) is 9.28. The summed E-state index contributed by atoms with van der Waals surface area (Å²) >= 11 is 6.35. The molecule has 2 fully saturated rings. The van der Waals surface area contributed by atoms with Crippen LogP contribution in [0.15, 0.2) is 30.6 Å². The number of hydrogen-bond acceptors (Lipinski definition) is 4. The highest BCUT2D eigenvalue weighted by Crippen LogP contribution is 2.29. The first kappa shape index (κ1) is 20.4. The zero-order valence-corrected chi connectivity index (χ0v) is 17.0. The second kappa shape index (κ2) is 8.38. The van der Waals surface area contributed by atoms with Crippen molar-refractivity contribution in [1.29, 1.82) is 0 Å². The van der Waals surface area contributed by atoms with Gasteiger partial charge >= 0.3 is 6.03 Å². The molecule has 150 valence electrons. The van der Waals surface area contributed by atoms with Crippen molar-refractivity contribution in [3.05, 3.63) is 47.0 Å².